The highest BCUT2D eigenvalue weighted by molar-refractivity contribution is 6.33. The van der Waals surface area contributed by atoms with Gasteiger partial charge >= 0.3 is 0 Å². The van der Waals surface area contributed by atoms with Gasteiger partial charge in [0.05, 0.1) is 40.0 Å². The van der Waals surface area contributed by atoms with Crippen LogP contribution in [0.1, 0.15) is 39.2 Å². The molecule has 2 aliphatic heterocycles. The average molecular weight is 531 g/mol. The zero-order valence-corrected chi connectivity index (χ0v) is 22.0. The number of nitrogens with zero attached hydrogens (tertiary/aromatic N) is 3. The van der Waals surface area contributed by atoms with Crippen molar-refractivity contribution in [3.63, 3.8) is 0 Å². The number of rotatable bonds is 5. The molecule has 0 saturated carbocycles. The molecule has 8 nitrogen and oxygen atoms in total. The lowest BCUT2D eigenvalue weighted by Crippen LogP contribution is -2.56. The Kier molecular flexibility index (Phi) is 7.56. The Balaban J connectivity index is 1.49. The number of likely N-dealkylation sites (tertiary alicyclic amines) is 1. The average Bonchev–Trinajstić information content (AvgIpc) is 2.84. The maximum absolute atomic E-state index is 13.5. The van der Waals surface area contributed by atoms with Crippen LogP contribution in [-0.4, -0.2) is 53.7 Å². The number of nitriles is 1. The minimum Gasteiger partial charge on any atom is -0.476 e. The molecule has 10 heteroatoms. The van der Waals surface area contributed by atoms with Crippen LogP contribution >= 0.6 is 11.6 Å². The van der Waals surface area contributed by atoms with E-state index < -0.39 is 23.5 Å². The van der Waals surface area contributed by atoms with Crippen molar-refractivity contribution in [2.24, 2.45) is 5.41 Å². The number of aliphatic hydroxyl groups excluding tert-OH is 1. The number of fused-ring (bicyclic) bond motifs is 1. The van der Waals surface area contributed by atoms with Crippen molar-refractivity contribution in [2.75, 3.05) is 30.3 Å². The summed E-state index contributed by atoms with van der Waals surface area (Å²) in [4.78, 5) is 16.8. The molecule has 2 aliphatic rings. The molecule has 0 radical (unpaired) electrons. The second-order valence-corrected chi connectivity index (χ2v) is 11.1. The molecule has 4 rings (SSSR count). The number of aliphatic hydroxyl groups is 1. The van der Waals surface area contributed by atoms with Gasteiger partial charge < -0.3 is 30.1 Å². The fraction of sp³-hybridized carbons (Fsp3) is 0.481. The Bertz CT molecular complexity index is 1190. The lowest BCUT2D eigenvalue weighted by atomic mass is 9.75. The van der Waals surface area contributed by atoms with E-state index in [0.717, 1.165) is 5.56 Å². The van der Waals surface area contributed by atoms with Crippen LogP contribution in [0, 0.1) is 22.6 Å². The number of benzene rings is 2. The summed E-state index contributed by atoms with van der Waals surface area (Å²) >= 11 is 6.23. The maximum Gasteiger partial charge on any atom is 0.265 e. The summed E-state index contributed by atoms with van der Waals surface area (Å²) in [7, 11) is 0. The standard InChI is InChI=1S/C27H32ClFN4O4/c1-26(2,3)37-25(35)33-15-23(36-22-13-20(31)19(28)12-21(22)33)24(34)32-10-8-27(16-30,9-11-32)14-17-4-6-18(29)7-5-17/h4-7,12-13,23,25,35H,8-11,14-15,31H2,1-3H3. The molecule has 2 aromatic rings. The molecule has 37 heavy (non-hydrogen) atoms. The normalized spacial score (nSPS) is 20.0. The molecule has 1 amide bonds. The van der Waals surface area contributed by atoms with Crippen LogP contribution in [0.3, 0.4) is 0 Å². The first kappa shape index (κ1) is 27.0. The summed E-state index contributed by atoms with van der Waals surface area (Å²) in [6.45, 7) is 6.25. The molecule has 0 aromatic heterocycles. The van der Waals surface area contributed by atoms with E-state index in [4.69, 9.17) is 26.8 Å². The number of anilines is 2. The van der Waals surface area contributed by atoms with Crippen LogP contribution in [0.15, 0.2) is 36.4 Å². The second kappa shape index (κ2) is 10.4. The molecular formula is C27H32ClFN4O4. The van der Waals surface area contributed by atoms with Crippen molar-refractivity contribution in [2.45, 2.75) is 58.2 Å². The molecule has 2 unspecified atom stereocenters. The van der Waals surface area contributed by atoms with Gasteiger partial charge in [-0.1, -0.05) is 23.7 Å². The topological polar surface area (TPSA) is 112 Å². The van der Waals surface area contributed by atoms with E-state index in [1.165, 1.54) is 23.1 Å². The van der Waals surface area contributed by atoms with E-state index in [1.807, 2.05) is 20.8 Å². The van der Waals surface area contributed by atoms with Crippen LogP contribution in [0.5, 0.6) is 5.75 Å². The summed E-state index contributed by atoms with van der Waals surface area (Å²) in [6.07, 6.45) is -0.807. The van der Waals surface area contributed by atoms with Gasteiger partial charge in [0.15, 0.2) is 6.10 Å². The number of halogens is 2. The highest BCUT2D eigenvalue weighted by Gasteiger charge is 2.41. The van der Waals surface area contributed by atoms with E-state index in [0.29, 0.717) is 48.8 Å². The molecule has 0 bridgehead atoms. The van der Waals surface area contributed by atoms with E-state index in [9.17, 15) is 19.6 Å². The van der Waals surface area contributed by atoms with Gasteiger partial charge in [0, 0.05) is 19.2 Å². The number of ether oxygens (including phenoxy) is 2. The van der Waals surface area contributed by atoms with Crippen molar-refractivity contribution < 1.29 is 23.8 Å². The number of piperidine rings is 1. The Morgan fingerprint density at radius 3 is 2.57 bits per heavy atom. The fourth-order valence-electron chi connectivity index (χ4n) is 4.74. The number of carbonyl (C=O) groups is 1. The summed E-state index contributed by atoms with van der Waals surface area (Å²) in [5, 5.41) is 21.1. The highest BCUT2D eigenvalue weighted by Crippen LogP contribution is 2.41. The van der Waals surface area contributed by atoms with E-state index in [-0.39, 0.29) is 24.0 Å². The number of carbonyl (C=O) groups excluding carboxylic acids is 1. The highest BCUT2D eigenvalue weighted by atomic mass is 35.5. The van der Waals surface area contributed by atoms with Crippen molar-refractivity contribution in [3.8, 4) is 11.8 Å². The van der Waals surface area contributed by atoms with Crippen LogP contribution in [0.25, 0.3) is 0 Å². The minimum atomic E-state index is -1.35. The molecule has 0 spiro atoms. The Morgan fingerprint density at radius 1 is 1.32 bits per heavy atom. The summed E-state index contributed by atoms with van der Waals surface area (Å²) in [5.74, 6) is -0.247. The van der Waals surface area contributed by atoms with Crippen molar-refractivity contribution in [3.05, 3.63) is 52.8 Å². The van der Waals surface area contributed by atoms with E-state index in [1.54, 1.807) is 23.1 Å². The smallest absolute Gasteiger partial charge is 0.265 e. The van der Waals surface area contributed by atoms with Crippen LogP contribution < -0.4 is 15.4 Å². The summed E-state index contributed by atoms with van der Waals surface area (Å²) < 4.78 is 25.1. The second-order valence-electron chi connectivity index (χ2n) is 10.7. The molecule has 198 valence electrons. The van der Waals surface area contributed by atoms with E-state index >= 15 is 0 Å². The van der Waals surface area contributed by atoms with Gasteiger partial charge in [0.2, 0.25) is 6.41 Å². The van der Waals surface area contributed by atoms with Crippen molar-refractivity contribution >= 4 is 28.9 Å². The SMILES string of the molecule is CC(C)(C)OC(O)N1CC(C(=O)N2CCC(C#N)(Cc3ccc(F)cc3)CC2)Oc2cc(N)c(Cl)cc21. The van der Waals surface area contributed by atoms with Gasteiger partial charge in [-0.3, -0.25) is 4.79 Å². The van der Waals surface area contributed by atoms with Gasteiger partial charge in [-0.2, -0.15) is 5.26 Å². The Labute approximate surface area is 221 Å². The van der Waals surface area contributed by atoms with Crippen LogP contribution in [0.2, 0.25) is 5.02 Å². The quantitative estimate of drug-likeness (QED) is 0.442. The lowest BCUT2D eigenvalue weighted by molar-refractivity contribution is -0.168. The molecule has 1 saturated heterocycles. The maximum atomic E-state index is 13.5. The first-order chi connectivity index (χ1) is 17.4. The summed E-state index contributed by atoms with van der Waals surface area (Å²) in [6, 6.07) is 11.7. The van der Waals surface area contributed by atoms with E-state index in [2.05, 4.69) is 6.07 Å². The molecular weight excluding hydrogens is 499 g/mol. The number of amides is 1. The lowest BCUT2D eigenvalue weighted by Gasteiger charge is -2.43. The third-order valence-corrected chi connectivity index (χ3v) is 7.07. The van der Waals surface area contributed by atoms with Gasteiger partial charge in [-0.25, -0.2) is 4.39 Å². The van der Waals surface area contributed by atoms with Crippen LogP contribution in [-0.2, 0) is 16.0 Å². The molecule has 0 aliphatic carbocycles. The third kappa shape index (κ3) is 6.09. The minimum absolute atomic E-state index is 0.0405. The van der Waals surface area contributed by atoms with Gasteiger partial charge in [-0.05, 0) is 63.8 Å². The first-order valence-corrected chi connectivity index (χ1v) is 12.6. The van der Waals surface area contributed by atoms with Gasteiger partial charge in [0.25, 0.3) is 5.91 Å². The Hall–Kier alpha value is -3.06. The van der Waals surface area contributed by atoms with Gasteiger partial charge in [-0.15, -0.1) is 0 Å². The zero-order chi connectivity index (χ0) is 27.0. The third-order valence-electron chi connectivity index (χ3n) is 6.75. The predicted molar refractivity (Wildman–Crippen MR) is 138 cm³/mol. The molecule has 1 fully saturated rings. The first-order valence-electron chi connectivity index (χ1n) is 12.2. The molecule has 2 atom stereocenters. The molecule has 3 N–H and O–H groups in total. The zero-order valence-electron chi connectivity index (χ0n) is 21.2. The fourth-order valence-corrected chi connectivity index (χ4v) is 4.90. The number of nitrogen functional groups attached to an aromatic ring is 1. The van der Waals surface area contributed by atoms with Gasteiger partial charge in [0.1, 0.15) is 11.6 Å². The summed E-state index contributed by atoms with van der Waals surface area (Å²) in [5.41, 5.74) is 6.34. The largest absolute Gasteiger partial charge is 0.476 e. The van der Waals surface area contributed by atoms with Crippen molar-refractivity contribution in [1.82, 2.24) is 4.90 Å². The number of nitrogens with two attached hydrogens (primary N) is 1. The monoisotopic (exact) mass is 530 g/mol. The number of hydrogen-bond donors (Lipinski definition) is 2. The Morgan fingerprint density at radius 2 is 1.97 bits per heavy atom. The predicted octanol–water partition coefficient (Wildman–Crippen LogP) is 4.09. The molecule has 2 aromatic carbocycles. The van der Waals surface area contributed by atoms with Crippen molar-refractivity contribution in [1.29, 1.82) is 5.26 Å². The van der Waals surface area contributed by atoms with Crippen LogP contribution in [0.4, 0.5) is 15.8 Å². The molecule has 2 heterocycles. The number of hydrogen-bond acceptors (Lipinski definition) is 7.